The molecule has 0 unspecified atom stereocenters. The maximum Gasteiger partial charge on any atom is 0.373 e. The molecule has 0 aromatic carbocycles. The second-order valence-corrected chi connectivity index (χ2v) is 3.51. The smallest absolute Gasteiger partial charge is 0.373 e. The maximum atomic E-state index is 10.9. The van der Waals surface area contributed by atoms with E-state index >= 15 is 0 Å². The molecule has 2 heterocycles. The third-order valence-corrected chi connectivity index (χ3v) is 2.16. The van der Waals surface area contributed by atoms with E-state index in [4.69, 9.17) is 30.3 Å². The molecule has 2 rings (SSSR count). The minimum atomic E-state index is -1.21. The minimum Gasteiger partial charge on any atom is -0.475 e. The Hall–Kier alpha value is -1.79. The zero-order chi connectivity index (χ0) is 12.4. The van der Waals surface area contributed by atoms with Crippen LogP contribution in [0, 0.1) is 0 Å². The molecule has 6 nitrogen and oxygen atoms in total. The SMILES string of the molecule is COCc1nc(-c2ccc(Cl)o2)oc1C(=O)O. The second kappa shape index (κ2) is 4.60. The fraction of sp³-hybridized carbons (Fsp3) is 0.200. The molecule has 0 spiro atoms. The van der Waals surface area contributed by atoms with Crippen LogP contribution >= 0.6 is 11.6 Å². The lowest BCUT2D eigenvalue weighted by Crippen LogP contribution is -2.00. The van der Waals surface area contributed by atoms with Crippen molar-refractivity contribution in [2.75, 3.05) is 7.11 Å². The second-order valence-electron chi connectivity index (χ2n) is 3.14. The van der Waals surface area contributed by atoms with Gasteiger partial charge in [-0.15, -0.1) is 0 Å². The maximum absolute atomic E-state index is 10.9. The highest BCUT2D eigenvalue weighted by atomic mass is 35.5. The summed E-state index contributed by atoms with van der Waals surface area (Å²) in [5.74, 6) is -1.16. The van der Waals surface area contributed by atoms with Crippen LogP contribution in [0.5, 0.6) is 0 Å². The summed E-state index contributed by atoms with van der Waals surface area (Å²) in [6.45, 7) is 0.0412. The monoisotopic (exact) mass is 257 g/mol. The highest BCUT2D eigenvalue weighted by Crippen LogP contribution is 2.26. The van der Waals surface area contributed by atoms with Crippen LogP contribution in [0.4, 0.5) is 0 Å². The molecule has 0 radical (unpaired) electrons. The Morgan fingerprint density at radius 3 is 2.82 bits per heavy atom. The predicted octanol–water partition coefficient (Wildman–Crippen LogP) is 2.43. The Kier molecular flexibility index (Phi) is 3.16. The van der Waals surface area contributed by atoms with E-state index < -0.39 is 5.97 Å². The largest absolute Gasteiger partial charge is 0.475 e. The van der Waals surface area contributed by atoms with Gasteiger partial charge in [0, 0.05) is 7.11 Å². The number of ether oxygens (including phenoxy) is 1. The van der Waals surface area contributed by atoms with Gasteiger partial charge in [-0.25, -0.2) is 9.78 Å². The topological polar surface area (TPSA) is 85.7 Å². The molecule has 0 fully saturated rings. The van der Waals surface area contributed by atoms with E-state index in [0.717, 1.165) is 0 Å². The number of nitrogens with zero attached hydrogens (tertiary/aromatic N) is 1. The number of carboxylic acid groups (broad SMARTS) is 1. The third-order valence-electron chi connectivity index (χ3n) is 1.96. The molecule has 0 aliphatic rings. The molecule has 0 bridgehead atoms. The van der Waals surface area contributed by atoms with Crippen molar-refractivity contribution < 1.29 is 23.5 Å². The predicted molar refractivity (Wildman–Crippen MR) is 56.9 cm³/mol. The number of furan rings is 1. The van der Waals surface area contributed by atoms with Crippen molar-refractivity contribution in [1.82, 2.24) is 4.98 Å². The van der Waals surface area contributed by atoms with E-state index in [0.29, 0.717) is 0 Å². The standard InChI is InChI=1S/C10H8ClNO5/c1-15-4-5-8(10(13)14)17-9(12-5)6-2-3-7(11)16-6/h2-3H,4H2,1H3,(H,13,14). The summed E-state index contributed by atoms with van der Waals surface area (Å²) in [5.41, 5.74) is 0.197. The van der Waals surface area contributed by atoms with E-state index in [-0.39, 0.29) is 34.9 Å². The van der Waals surface area contributed by atoms with Crippen molar-refractivity contribution in [3.63, 3.8) is 0 Å². The normalized spacial score (nSPS) is 10.7. The first-order valence-corrected chi connectivity index (χ1v) is 4.97. The van der Waals surface area contributed by atoms with Crippen molar-refractivity contribution in [3.8, 4) is 11.7 Å². The Balaban J connectivity index is 2.43. The minimum absolute atomic E-state index is 0.0412. The Morgan fingerprint density at radius 2 is 2.29 bits per heavy atom. The molecule has 2 aromatic rings. The van der Waals surface area contributed by atoms with E-state index in [1.165, 1.54) is 19.2 Å². The number of methoxy groups -OCH3 is 1. The number of carbonyl (C=O) groups is 1. The van der Waals surface area contributed by atoms with Gasteiger partial charge in [-0.1, -0.05) is 0 Å². The number of oxazole rings is 1. The number of aromatic carboxylic acids is 1. The van der Waals surface area contributed by atoms with Gasteiger partial charge in [0.25, 0.3) is 5.89 Å². The molecule has 1 N–H and O–H groups in total. The molecule has 0 saturated carbocycles. The van der Waals surface area contributed by atoms with E-state index in [2.05, 4.69) is 4.98 Å². The first kappa shape index (κ1) is 11.7. The van der Waals surface area contributed by atoms with Crippen molar-refractivity contribution in [2.24, 2.45) is 0 Å². The van der Waals surface area contributed by atoms with E-state index in [1.54, 1.807) is 0 Å². The quantitative estimate of drug-likeness (QED) is 0.905. The summed E-state index contributed by atoms with van der Waals surface area (Å²) in [6.07, 6.45) is 0. The molecule has 0 aliphatic heterocycles. The number of aromatic nitrogens is 1. The van der Waals surface area contributed by atoms with Crippen LogP contribution in [-0.4, -0.2) is 23.2 Å². The van der Waals surface area contributed by atoms with Gasteiger partial charge in [-0.2, -0.15) is 0 Å². The lowest BCUT2D eigenvalue weighted by molar-refractivity contribution is 0.0656. The van der Waals surface area contributed by atoms with Gasteiger partial charge in [-0.3, -0.25) is 0 Å². The van der Waals surface area contributed by atoms with E-state index in [1.807, 2.05) is 0 Å². The first-order chi connectivity index (χ1) is 8.11. The number of hydrogen-bond acceptors (Lipinski definition) is 5. The van der Waals surface area contributed by atoms with Gasteiger partial charge in [0.15, 0.2) is 11.0 Å². The Morgan fingerprint density at radius 1 is 1.53 bits per heavy atom. The molecule has 2 aromatic heterocycles. The Bertz CT molecular complexity index is 545. The number of rotatable bonds is 4. The fourth-order valence-corrected chi connectivity index (χ4v) is 1.43. The summed E-state index contributed by atoms with van der Waals surface area (Å²) >= 11 is 5.60. The van der Waals surface area contributed by atoms with Crippen molar-refractivity contribution in [3.05, 3.63) is 28.8 Å². The van der Waals surface area contributed by atoms with Crippen LogP contribution in [0.3, 0.4) is 0 Å². The van der Waals surface area contributed by atoms with Crippen LogP contribution in [0.2, 0.25) is 5.22 Å². The highest BCUT2D eigenvalue weighted by molar-refractivity contribution is 6.28. The van der Waals surface area contributed by atoms with Crippen LogP contribution in [0.1, 0.15) is 16.2 Å². The molecule has 0 atom stereocenters. The van der Waals surface area contributed by atoms with Gasteiger partial charge < -0.3 is 18.7 Å². The zero-order valence-corrected chi connectivity index (χ0v) is 9.52. The molecule has 0 saturated heterocycles. The first-order valence-electron chi connectivity index (χ1n) is 4.59. The van der Waals surface area contributed by atoms with Crippen molar-refractivity contribution in [2.45, 2.75) is 6.61 Å². The summed E-state index contributed by atoms with van der Waals surface area (Å²) in [5, 5.41) is 9.08. The van der Waals surface area contributed by atoms with Gasteiger partial charge in [0.2, 0.25) is 5.76 Å². The summed E-state index contributed by atoms with van der Waals surface area (Å²) in [7, 11) is 1.43. The average Bonchev–Trinajstić information content (AvgIpc) is 2.85. The average molecular weight is 258 g/mol. The van der Waals surface area contributed by atoms with Crippen LogP contribution in [0.15, 0.2) is 21.0 Å². The number of halogens is 1. The molecule has 90 valence electrons. The highest BCUT2D eigenvalue weighted by Gasteiger charge is 2.21. The van der Waals surface area contributed by atoms with Gasteiger partial charge in [0.05, 0.1) is 6.61 Å². The van der Waals surface area contributed by atoms with E-state index in [9.17, 15) is 4.79 Å². The van der Waals surface area contributed by atoms with Crippen molar-refractivity contribution in [1.29, 1.82) is 0 Å². The van der Waals surface area contributed by atoms with Crippen molar-refractivity contribution >= 4 is 17.6 Å². The molecule has 7 heteroatoms. The lowest BCUT2D eigenvalue weighted by Gasteiger charge is -1.92. The molecular formula is C10H8ClNO5. The summed E-state index contributed by atoms with van der Waals surface area (Å²) in [4.78, 5) is 14.9. The molecular weight excluding hydrogens is 250 g/mol. The van der Waals surface area contributed by atoms with Gasteiger partial charge >= 0.3 is 5.97 Å². The van der Waals surface area contributed by atoms with Gasteiger partial charge in [0.1, 0.15) is 5.69 Å². The fourth-order valence-electron chi connectivity index (χ4n) is 1.29. The Labute approximate surface area is 101 Å². The van der Waals surface area contributed by atoms with Crippen LogP contribution < -0.4 is 0 Å². The van der Waals surface area contributed by atoms with Crippen LogP contribution in [-0.2, 0) is 11.3 Å². The van der Waals surface area contributed by atoms with Gasteiger partial charge in [-0.05, 0) is 23.7 Å². The molecule has 17 heavy (non-hydrogen) atoms. The summed E-state index contributed by atoms with van der Waals surface area (Å²) in [6, 6.07) is 3.05. The summed E-state index contributed by atoms with van der Waals surface area (Å²) < 4.78 is 15.0. The van der Waals surface area contributed by atoms with Crippen LogP contribution in [0.25, 0.3) is 11.7 Å². The number of hydrogen-bond donors (Lipinski definition) is 1. The number of carboxylic acids is 1. The molecule has 0 amide bonds. The molecule has 0 aliphatic carbocycles. The lowest BCUT2D eigenvalue weighted by atomic mass is 10.3. The zero-order valence-electron chi connectivity index (χ0n) is 8.77. The third kappa shape index (κ3) is 2.32.